The molecule has 3 aromatic rings. The summed E-state index contributed by atoms with van der Waals surface area (Å²) in [6, 6.07) is 10.9. The molecule has 2 aromatic heterocycles. The van der Waals surface area contributed by atoms with Crippen LogP contribution in [0.1, 0.15) is 23.0 Å². The van der Waals surface area contributed by atoms with Crippen molar-refractivity contribution in [3.8, 4) is 5.75 Å². The topological polar surface area (TPSA) is 46.8 Å². The average Bonchev–Trinajstić information content (AvgIpc) is 3.02. The molecule has 2 heterocycles. The maximum absolute atomic E-state index is 12.9. The van der Waals surface area contributed by atoms with Gasteiger partial charge in [-0.3, -0.25) is 4.79 Å². The second kappa shape index (κ2) is 6.93. The third-order valence-electron chi connectivity index (χ3n) is 3.91. The van der Waals surface area contributed by atoms with Gasteiger partial charge in [-0.05, 0) is 37.3 Å². The van der Waals surface area contributed by atoms with Gasteiger partial charge >= 0.3 is 0 Å². The molecule has 1 amide bonds. The van der Waals surface area contributed by atoms with Gasteiger partial charge in [0, 0.05) is 17.8 Å². The van der Waals surface area contributed by atoms with E-state index in [0.29, 0.717) is 29.4 Å². The van der Waals surface area contributed by atoms with Gasteiger partial charge < -0.3 is 14.0 Å². The number of amides is 1. The summed E-state index contributed by atoms with van der Waals surface area (Å²) in [5, 5.41) is 0.505. The summed E-state index contributed by atoms with van der Waals surface area (Å²) >= 11 is 6.05. The van der Waals surface area contributed by atoms with Crippen LogP contribution >= 0.6 is 11.6 Å². The fourth-order valence-corrected chi connectivity index (χ4v) is 2.81. The molecule has 0 unspecified atom stereocenters. The predicted molar refractivity (Wildman–Crippen MR) is 93.6 cm³/mol. The van der Waals surface area contributed by atoms with E-state index in [1.807, 2.05) is 35.7 Å². The standard InChI is InChI=1S/C18H18ClN3O2/c1-3-21(12-14-11-20-17-6-4-5-9-22(14)17)18(23)15-10-13(19)7-8-16(15)24-2/h4-11H,3,12H2,1-2H3. The summed E-state index contributed by atoms with van der Waals surface area (Å²) < 4.78 is 7.28. The fourth-order valence-electron chi connectivity index (χ4n) is 2.64. The van der Waals surface area contributed by atoms with E-state index in [-0.39, 0.29) is 5.91 Å². The molecule has 0 fully saturated rings. The first-order chi connectivity index (χ1) is 11.6. The Hall–Kier alpha value is -2.53. The van der Waals surface area contributed by atoms with Crippen molar-refractivity contribution in [1.82, 2.24) is 14.3 Å². The molecule has 0 saturated carbocycles. The third kappa shape index (κ3) is 3.08. The van der Waals surface area contributed by atoms with Gasteiger partial charge in [0.1, 0.15) is 11.4 Å². The van der Waals surface area contributed by atoms with E-state index in [2.05, 4.69) is 4.98 Å². The number of aromatic nitrogens is 2. The molecular weight excluding hydrogens is 326 g/mol. The maximum atomic E-state index is 12.9. The molecule has 0 aliphatic rings. The molecule has 0 bridgehead atoms. The number of carbonyl (C=O) groups is 1. The molecule has 24 heavy (non-hydrogen) atoms. The molecule has 0 radical (unpaired) electrons. The molecule has 0 atom stereocenters. The second-order valence-electron chi connectivity index (χ2n) is 5.34. The first kappa shape index (κ1) is 16.3. The second-order valence-corrected chi connectivity index (χ2v) is 5.78. The minimum atomic E-state index is -0.122. The summed E-state index contributed by atoms with van der Waals surface area (Å²) in [6.45, 7) is 2.96. The third-order valence-corrected chi connectivity index (χ3v) is 4.14. The van der Waals surface area contributed by atoms with E-state index in [9.17, 15) is 4.79 Å². The molecular formula is C18H18ClN3O2. The number of pyridine rings is 1. The van der Waals surface area contributed by atoms with Gasteiger partial charge in [-0.1, -0.05) is 17.7 Å². The van der Waals surface area contributed by atoms with E-state index in [1.165, 1.54) is 0 Å². The van der Waals surface area contributed by atoms with Crippen molar-refractivity contribution in [2.24, 2.45) is 0 Å². The minimum absolute atomic E-state index is 0.122. The molecule has 0 N–H and O–H groups in total. The predicted octanol–water partition coefficient (Wildman–Crippen LogP) is 3.66. The number of carbonyl (C=O) groups excluding carboxylic acids is 1. The van der Waals surface area contributed by atoms with E-state index in [4.69, 9.17) is 16.3 Å². The van der Waals surface area contributed by atoms with Crippen LogP contribution in [0.15, 0.2) is 48.8 Å². The lowest BCUT2D eigenvalue weighted by Crippen LogP contribution is -2.31. The molecule has 1 aromatic carbocycles. The number of nitrogens with zero attached hydrogens (tertiary/aromatic N) is 3. The summed E-state index contributed by atoms with van der Waals surface area (Å²) in [4.78, 5) is 19.0. The van der Waals surface area contributed by atoms with Crippen LogP contribution < -0.4 is 4.74 Å². The van der Waals surface area contributed by atoms with Crippen LogP contribution in [0.25, 0.3) is 5.65 Å². The maximum Gasteiger partial charge on any atom is 0.258 e. The zero-order chi connectivity index (χ0) is 17.1. The smallest absolute Gasteiger partial charge is 0.258 e. The number of hydrogen-bond donors (Lipinski definition) is 0. The molecule has 0 aliphatic carbocycles. The normalized spacial score (nSPS) is 10.8. The molecule has 3 rings (SSSR count). The summed E-state index contributed by atoms with van der Waals surface area (Å²) in [6.07, 6.45) is 3.73. The van der Waals surface area contributed by atoms with Gasteiger partial charge in [0.25, 0.3) is 5.91 Å². The van der Waals surface area contributed by atoms with E-state index in [0.717, 1.165) is 11.3 Å². The van der Waals surface area contributed by atoms with Crippen LogP contribution in [-0.2, 0) is 6.54 Å². The number of ether oxygens (including phenoxy) is 1. The van der Waals surface area contributed by atoms with Crippen LogP contribution in [0.2, 0.25) is 5.02 Å². The minimum Gasteiger partial charge on any atom is -0.496 e. The van der Waals surface area contributed by atoms with E-state index in [1.54, 1.807) is 36.4 Å². The van der Waals surface area contributed by atoms with Crippen LogP contribution in [0.3, 0.4) is 0 Å². The van der Waals surface area contributed by atoms with Gasteiger partial charge in [-0.2, -0.15) is 0 Å². The van der Waals surface area contributed by atoms with Crippen molar-refractivity contribution >= 4 is 23.2 Å². The fraction of sp³-hybridized carbons (Fsp3) is 0.222. The highest BCUT2D eigenvalue weighted by molar-refractivity contribution is 6.31. The lowest BCUT2D eigenvalue weighted by Gasteiger charge is -2.22. The molecule has 6 heteroatoms. The van der Waals surface area contributed by atoms with Crippen molar-refractivity contribution in [2.45, 2.75) is 13.5 Å². The van der Waals surface area contributed by atoms with Gasteiger partial charge in [-0.25, -0.2) is 4.98 Å². The Morgan fingerprint density at radius 3 is 2.92 bits per heavy atom. The number of methoxy groups -OCH3 is 1. The van der Waals surface area contributed by atoms with Crippen molar-refractivity contribution < 1.29 is 9.53 Å². The van der Waals surface area contributed by atoms with Crippen LogP contribution in [0.5, 0.6) is 5.75 Å². The van der Waals surface area contributed by atoms with Gasteiger partial charge in [0.05, 0.1) is 31.1 Å². The van der Waals surface area contributed by atoms with E-state index >= 15 is 0 Å². The highest BCUT2D eigenvalue weighted by Crippen LogP contribution is 2.24. The quantitative estimate of drug-likeness (QED) is 0.710. The zero-order valence-corrected chi connectivity index (χ0v) is 14.3. The Kier molecular flexibility index (Phi) is 4.71. The highest BCUT2D eigenvalue weighted by atomic mass is 35.5. The van der Waals surface area contributed by atoms with Crippen LogP contribution in [-0.4, -0.2) is 33.8 Å². The Balaban J connectivity index is 1.91. The Labute approximate surface area is 145 Å². The van der Waals surface area contributed by atoms with Gasteiger partial charge in [-0.15, -0.1) is 0 Å². The van der Waals surface area contributed by atoms with Crippen LogP contribution in [0, 0.1) is 0 Å². The Morgan fingerprint density at radius 2 is 2.17 bits per heavy atom. The SMILES string of the molecule is CCN(Cc1cnc2ccccn12)C(=O)c1cc(Cl)ccc1OC. The van der Waals surface area contributed by atoms with Crippen molar-refractivity contribution in [3.63, 3.8) is 0 Å². The largest absolute Gasteiger partial charge is 0.496 e. The number of fused-ring (bicyclic) bond motifs is 1. The number of rotatable bonds is 5. The van der Waals surface area contributed by atoms with Crippen molar-refractivity contribution in [1.29, 1.82) is 0 Å². The Morgan fingerprint density at radius 1 is 1.33 bits per heavy atom. The molecule has 5 nitrogen and oxygen atoms in total. The number of halogens is 1. The first-order valence-electron chi connectivity index (χ1n) is 7.67. The number of benzene rings is 1. The summed E-state index contributed by atoms with van der Waals surface area (Å²) in [7, 11) is 1.54. The molecule has 0 aliphatic heterocycles. The number of imidazole rings is 1. The van der Waals surface area contributed by atoms with Gasteiger partial charge in [0.15, 0.2) is 0 Å². The summed E-state index contributed by atoms with van der Waals surface area (Å²) in [5.41, 5.74) is 2.26. The van der Waals surface area contributed by atoms with Crippen LogP contribution in [0.4, 0.5) is 0 Å². The molecule has 0 spiro atoms. The highest BCUT2D eigenvalue weighted by Gasteiger charge is 2.20. The monoisotopic (exact) mass is 343 g/mol. The Bertz CT molecular complexity index is 876. The molecule has 0 saturated heterocycles. The van der Waals surface area contributed by atoms with E-state index < -0.39 is 0 Å². The molecule has 124 valence electrons. The van der Waals surface area contributed by atoms with Gasteiger partial charge in [0.2, 0.25) is 0 Å². The zero-order valence-electron chi connectivity index (χ0n) is 13.6. The lowest BCUT2D eigenvalue weighted by molar-refractivity contribution is 0.0747. The average molecular weight is 344 g/mol. The summed E-state index contributed by atoms with van der Waals surface area (Å²) in [5.74, 6) is 0.392. The van der Waals surface area contributed by atoms with Crippen molar-refractivity contribution in [3.05, 3.63) is 65.1 Å². The lowest BCUT2D eigenvalue weighted by atomic mass is 10.1. The first-order valence-corrected chi connectivity index (χ1v) is 8.05. The number of hydrogen-bond acceptors (Lipinski definition) is 3. The van der Waals surface area contributed by atoms with Crippen molar-refractivity contribution in [2.75, 3.05) is 13.7 Å².